The predicted molar refractivity (Wildman–Crippen MR) is 73.0 cm³/mol. The molecule has 0 spiro atoms. The predicted octanol–water partition coefficient (Wildman–Crippen LogP) is 3.53. The maximum Gasteiger partial charge on any atom is 0.347 e. The fourth-order valence-electron chi connectivity index (χ4n) is 2.11. The second kappa shape index (κ2) is 4.86. The van der Waals surface area contributed by atoms with Gasteiger partial charge in [0, 0.05) is 5.92 Å². The van der Waals surface area contributed by atoms with Gasteiger partial charge >= 0.3 is 5.97 Å². The largest absolute Gasteiger partial charge is 0.496 e. The molecule has 3 rings (SSSR count). The third kappa shape index (κ3) is 2.16. The minimum absolute atomic E-state index is 0.198. The molecule has 1 aliphatic rings. The van der Waals surface area contributed by atoms with E-state index in [1.54, 1.807) is 12.1 Å². The van der Waals surface area contributed by atoms with Gasteiger partial charge in [-0.15, -0.1) is 11.3 Å². The zero-order valence-corrected chi connectivity index (χ0v) is 11.5. The van der Waals surface area contributed by atoms with Crippen molar-refractivity contribution in [2.24, 2.45) is 0 Å². The van der Waals surface area contributed by atoms with E-state index in [4.69, 9.17) is 4.74 Å². The van der Waals surface area contributed by atoms with Crippen molar-refractivity contribution in [2.75, 3.05) is 7.11 Å². The van der Waals surface area contributed by atoms with Crippen LogP contribution in [-0.2, 0) is 0 Å². The molecule has 6 heteroatoms. The van der Waals surface area contributed by atoms with Crippen molar-refractivity contribution in [2.45, 2.75) is 18.8 Å². The number of aromatic carboxylic acids is 1. The van der Waals surface area contributed by atoms with Gasteiger partial charge in [0.1, 0.15) is 21.5 Å². The van der Waals surface area contributed by atoms with Gasteiger partial charge in [0.2, 0.25) is 0 Å². The molecule has 0 unspecified atom stereocenters. The van der Waals surface area contributed by atoms with Gasteiger partial charge in [-0.2, -0.15) is 0 Å². The van der Waals surface area contributed by atoms with E-state index in [-0.39, 0.29) is 16.4 Å². The number of nitrogens with zero attached hydrogens (tertiary/aromatic N) is 1. The summed E-state index contributed by atoms with van der Waals surface area (Å²) >= 11 is 1.00. The van der Waals surface area contributed by atoms with Crippen LogP contribution in [0.15, 0.2) is 18.2 Å². The van der Waals surface area contributed by atoms with E-state index < -0.39 is 11.8 Å². The van der Waals surface area contributed by atoms with Crippen LogP contribution < -0.4 is 4.74 Å². The maximum atomic E-state index is 14.0. The number of halogens is 1. The number of carboxylic acid groups (broad SMARTS) is 1. The average molecular weight is 293 g/mol. The Morgan fingerprint density at radius 1 is 1.50 bits per heavy atom. The Morgan fingerprint density at radius 3 is 2.85 bits per heavy atom. The zero-order chi connectivity index (χ0) is 14.3. The highest BCUT2D eigenvalue weighted by molar-refractivity contribution is 7.17. The quantitative estimate of drug-likeness (QED) is 0.936. The van der Waals surface area contributed by atoms with Crippen LogP contribution in [0, 0.1) is 5.82 Å². The van der Waals surface area contributed by atoms with E-state index in [0.29, 0.717) is 16.5 Å². The van der Waals surface area contributed by atoms with Crippen molar-refractivity contribution in [1.29, 1.82) is 0 Å². The highest BCUT2D eigenvalue weighted by Gasteiger charge is 2.33. The minimum Gasteiger partial charge on any atom is -0.496 e. The molecule has 104 valence electrons. The van der Waals surface area contributed by atoms with Crippen LogP contribution in [-0.4, -0.2) is 23.2 Å². The van der Waals surface area contributed by atoms with Crippen molar-refractivity contribution >= 4 is 17.3 Å². The van der Waals surface area contributed by atoms with E-state index >= 15 is 0 Å². The molecule has 1 fully saturated rings. The third-order valence-electron chi connectivity index (χ3n) is 3.22. The van der Waals surface area contributed by atoms with E-state index in [1.165, 1.54) is 13.2 Å². The first kappa shape index (κ1) is 13.1. The molecular weight excluding hydrogens is 281 g/mol. The summed E-state index contributed by atoms with van der Waals surface area (Å²) in [4.78, 5) is 15.8. The lowest BCUT2D eigenvalue weighted by molar-refractivity contribution is 0.0700. The summed E-state index contributed by atoms with van der Waals surface area (Å²) in [6, 6.07) is 4.50. The lowest BCUT2D eigenvalue weighted by Crippen LogP contribution is -1.97. The number of hydrogen-bond donors (Lipinski definition) is 1. The minimum atomic E-state index is -1.01. The van der Waals surface area contributed by atoms with E-state index in [0.717, 1.165) is 24.2 Å². The van der Waals surface area contributed by atoms with Crippen LogP contribution in [0.25, 0.3) is 10.6 Å². The van der Waals surface area contributed by atoms with Gasteiger partial charge in [0.25, 0.3) is 0 Å². The Kier molecular flexibility index (Phi) is 3.17. The molecule has 0 saturated heterocycles. The van der Waals surface area contributed by atoms with E-state index in [2.05, 4.69) is 4.98 Å². The normalized spacial score (nSPS) is 14.3. The topological polar surface area (TPSA) is 59.4 Å². The molecule has 1 aromatic heterocycles. The lowest BCUT2D eigenvalue weighted by atomic mass is 10.2. The van der Waals surface area contributed by atoms with Crippen molar-refractivity contribution in [3.8, 4) is 16.3 Å². The van der Waals surface area contributed by atoms with Crippen LogP contribution in [0.5, 0.6) is 5.75 Å². The SMILES string of the molecule is COc1cccc(F)c1-c1nc(C2CC2)c(C(=O)O)s1. The molecule has 0 amide bonds. The fourth-order valence-corrected chi connectivity index (χ4v) is 3.15. The summed E-state index contributed by atoms with van der Waals surface area (Å²) in [7, 11) is 1.45. The number of hydrogen-bond acceptors (Lipinski definition) is 4. The van der Waals surface area contributed by atoms with Gasteiger partial charge in [0.15, 0.2) is 0 Å². The molecule has 1 heterocycles. The number of methoxy groups -OCH3 is 1. The summed E-state index contributed by atoms with van der Waals surface area (Å²) in [6.45, 7) is 0. The van der Waals surface area contributed by atoms with Gasteiger partial charge in [-0.25, -0.2) is 14.2 Å². The van der Waals surface area contributed by atoms with Gasteiger partial charge in [0.05, 0.1) is 18.4 Å². The highest BCUT2D eigenvalue weighted by atomic mass is 32.1. The summed E-state index contributed by atoms with van der Waals surface area (Å²) in [5.41, 5.74) is 0.803. The number of carbonyl (C=O) groups is 1. The Balaban J connectivity index is 2.16. The number of benzene rings is 1. The number of thiazole rings is 1. The average Bonchev–Trinajstić information content (AvgIpc) is 3.17. The highest BCUT2D eigenvalue weighted by Crippen LogP contribution is 2.45. The second-order valence-electron chi connectivity index (χ2n) is 4.63. The van der Waals surface area contributed by atoms with Crippen molar-refractivity contribution in [3.05, 3.63) is 34.6 Å². The second-order valence-corrected chi connectivity index (χ2v) is 5.63. The Bertz CT molecular complexity index is 679. The fraction of sp³-hybridized carbons (Fsp3) is 0.286. The molecule has 4 nitrogen and oxygen atoms in total. The third-order valence-corrected chi connectivity index (χ3v) is 4.30. The number of carboxylic acids is 1. The molecule has 0 aliphatic heterocycles. The molecular formula is C14H12FNO3S. The summed E-state index contributed by atoms with van der Waals surface area (Å²) < 4.78 is 19.2. The Morgan fingerprint density at radius 2 is 2.25 bits per heavy atom. The van der Waals surface area contributed by atoms with Gasteiger partial charge in [-0.05, 0) is 25.0 Å². The molecule has 1 N–H and O–H groups in total. The molecule has 1 aromatic carbocycles. The van der Waals surface area contributed by atoms with Crippen LogP contribution >= 0.6 is 11.3 Å². The smallest absolute Gasteiger partial charge is 0.347 e. The first-order valence-corrected chi connectivity index (χ1v) is 7.00. The van der Waals surface area contributed by atoms with E-state index in [1.807, 2.05) is 0 Å². The van der Waals surface area contributed by atoms with Gasteiger partial charge < -0.3 is 9.84 Å². The molecule has 0 atom stereocenters. The maximum absolute atomic E-state index is 14.0. The van der Waals surface area contributed by atoms with Crippen LogP contribution in [0.3, 0.4) is 0 Å². The van der Waals surface area contributed by atoms with Crippen molar-refractivity contribution in [1.82, 2.24) is 4.98 Å². The van der Waals surface area contributed by atoms with Crippen LogP contribution in [0.4, 0.5) is 4.39 Å². The summed E-state index contributed by atoms with van der Waals surface area (Å²) in [5.74, 6) is -0.912. The molecule has 20 heavy (non-hydrogen) atoms. The number of rotatable bonds is 4. The standard InChI is InChI=1S/C14H12FNO3S/c1-19-9-4-2-3-8(15)10(9)13-16-11(7-5-6-7)12(20-13)14(17)18/h2-4,7H,5-6H2,1H3,(H,17,18). The molecule has 1 saturated carbocycles. The van der Waals surface area contributed by atoms with Gasteiger partial charge in [-0.1, -0.05) is 6.07 Å². The number of ether oxygens (including phenoxy) is 1. The Hall–Kier alpha value is -1.95. The summed E-state index contributed by atoms with van der Waals surface area (Å²) in [5, 5.41) is 9.60. The summed E-state index contributed by atoms with van der Waals surface area (Å²) in [6.07, 6.45) is 1.88. The van der Waals surface area contributed by atoms with Crippen LogP contribution in [0.1, 0.15) is 34.1 Å². The molecule has 0 radical (unpaired) electrons. The first-order chi connectivity index (χ1) is 9.61. The monoisotopic (exact) mass is 293 g/mol. The van der Waals surface area contributed by atoms with E-state index in [9.17, 15) is 14.3 Å². The molecule has 1 aliphatic carbocycles. The van der Waals surface area contributed by atoms with Gasteiger partial charge in [-0.3, -0.25) is 0 Å². The lowest BCUT2D eigenvalue weighted by Gasteiger charge is -2.06. The molecule has 2 aromatic rings. The first-order valence-electron chi connectivity index (χ1n) is 6.18. The van der Waals surface area contributed by atoms with Crippen molar-refractivity contribution in [3.63, 3.8) is 0 Å². The molecule has 0 bridgehead atoms. The Labute approximate surface area is 118 Å². The zero-order valence-electron chi connectivity index (χ0n) is 10.7. The van der Waals surface area contributed by atoms with Crippen LogP contribution in [0.2, 0.25) is 0 Å². The van der Waals surface area contributed by atoms with Crippen molar-refractivity contribution < 1.29 is 19.0 Å². The number of aromatic nitrogens is 1.